The third-order valence-corrected chi connectivity index (χ3v) is 5.85. The first-order valence-electron chi connectivity index (χ1n) is 8.94. The van der Waals surface area contributed by atoms with Crippen LogP contribution < -0.4 is 0 Å². The molecule has 0 unspecified atom stereocenters. The molecule has 2 aliphatic rings. The summed E-state index contributed by atoms with van der Waals surface area (Å²) in [6, 6.07) is 0. The van der Waals surface area contributed by atoms with E-state index >= 15 is 0 Å². The van der Waals surface area contributed by atoms with Gasteiger partial charge in [-0.05, 0) is 75.5 Å². The summed E-state index contributed by atoms with van der Waals surface area (Å²) >= 11 is 0. The van der Waals surface area contributed by atoms with Gasteiger partial charge in [-0.3, -0.25) is 0 Å². The summed E-state index contributed by atoms with van der Waals surface area (Å²) in [6.07, 6.45) is 21.1. The monoisotopic (exact) mass is 262 g/mol. The predicted octanol–water partition coefficient (Wildman–Crippen LogP) is 6.37. The number of rotatable bonds is 5. The van der Waals surface area contributed by atoms with Crippen molar-refractivity contribution in [1.29, 1.82) is 0 Å². The van der Waals surface area contributed by atoms with Gasteiger partial charge in [-0.25, -0.2) is 0 Å². The van der Waals surface area contributed by atoms with E-state index in [1.54, 1.807) is 12.8 Å². The zero-order valence-electron chi connectivity index (χ0n) is 13.2. The minimum Gasteiger partial charge on any atom is -0.0917 e. The Bertz CT molecular complexity index is 249. The van der Waals surface area contributed by atoms with Crippen LogP contribution in [0.4, 0.5) is 0 Å². The Morgan fingerprint density at radius 1 is 0.789 bits per heavy atom. The van der Waals surface area contributed by atoms with E-state index in [9.17, 15) is 0 Å². The third kappa shape index (κ3) is 4.65. The molecule has 0 amide bonds. The molecule has 2 fully saturated rings. The van der Waals surface area contributed by atoms with Crippen molar-refractivity contribution in [1.82, 2.24) is 0 Å². The van der Waals surface area contributed by atoms with Gasteiger partial charge in [0.05, 0.1) is 0 Å². The largest absolute Gasteiger partial charge is 0.0917 e. The van der Waals surface area contributed by atoms with Gasteiger partial charge < -0.3 is 0 Å². The normalized spacial score (nSPS) is 36.7. The Hall–Kier alpha value is -0.260. The molecule has 0 aromatic rings. The second-order valence-electron chi connectivity index (χ2n) is 7.16. The number of hydrogen-bond acceptors (Lipinski definition) is 0. The van der Waals surface area contributed by atoms with Crippen LogP contribution in [0.3, 0.4) is 0 Å². The fraction of sp³-hybridized carbons (Fsp3) is 0.895. The third-order valence-electron chi connectivity index (χ3n) is 5.85. The number of hydrogen-bond donors (Lipinski definition) is 0. The van der Waals surface area contributed by atoms with Crippen LogP contribution >= 0.6 is 0 Å². The maximum atomic E-state index is 2.38. The lowest BCUT2D eigenvalue weighted by Gasteiger charge is -2.37. The average Bonchev–Trinajstić information content (AvgIpc) is 2.47. The van der Waals surface area contributed by atoms with Crippen molar-refractivity contribution in [2.24, 2.45) is 23.7 Å². The molecular weight excluding hydrogens is 228 g/mol. The van der Waals surface area contributed by atoms with E-state index in [4.69, 9.17) is 0 Å². The van der Waals surface area contributed by atoms with Crippen molar-refractivity contribution in [3.8, 4) is 0 Å². The van der Waals surface area contributed by atoms with Crippen LogP contribution in [0.2, 0.25) is 0 Å². The lowest BCUT2D eigenvalue weighted by molar-refractivity contribution is 0.144. The second kappa shape index (κ2) is 8.12. The highest BCUT2D eigenvalue weighted by Crippen LogP contribution is 2.42. The van der Waals surface area contributed by atoms with Gasteiger partial charge in [-0.2, -0.15) is 0 Å². The molecule has 110 valence electrons. The first-order chi connectivity index (χ1) is 9.33. The van der Waals surface area contributed by atoms with E-state index in [2.05, 4.69) is 26.0 Å². The Morgan fingerprint density at radius 2 is 1.32 bits per heavy atom. The van der Waals surface area contributed by atoms with E-state index in [1.807, 2.05) is 0 Å². The molecule has 0 heterocycles. The van der Waals surface area contributed by atoms with E-state index in [1.165, 1.54) is 57.8 Å². The molecule has 2 rings (SSSR count). The summed E-state index contributed by atoms with van der Waals surface area (Å²) in [7, 11) is 0. The van der Waals surface area contributed by atoms with Crippen molar-refractivity contribution in [3.05, 3.63) is 12.2 Å². The zero-order valence-corrected chi connectivity index (χ0v) is 13.2. The predicted molar refractivity (Wildman–Crippen MR) is 85.2 cm³/mol. The van der Waals surface area contributed by atoms with Gasteiger partial charge in [0.15, 0.2) is 0 Å². The highest BCUT2D eigenvalue weighted by atomic mass is 14.4. The summed E-state index contributed by atoms with van der Waals surface area (Å²) in [5, 5.41) is 0. The van der Waals surface area contributed by atoms with Gasteiger partial charge in [0.2, 0.25) is 0 Å². The van der Waals surface area contributed by atoms with Crippen LogP contribution in [0.1, 0.15) is 84.5 Å². The second-order valence-corrected chi connectivity index (χ2v) is 7.16. The van der Waals surface area contributed by atoms with Crippen LogP contribution in [-0.4, -0.2) is 0 Å². The average molecular weight is 262 g/mol. The zero-order chi connectivity index (χ0) is 13.5. The van der Waals surface area contributed by atoms with Crippen LogP contribution in [-0.2, 0) is 0 Å². The number of allylic oxidation sites excluding steroid dienone is 2. The molecule has 19 heavy (non-hydrogen) atoms. The maximum absolute atomic E-state index is 2.38. The minimum atomic E-state index is 1.00. The summed E-state index contributed by atoms with van der Waals surface area (Å²) in [5.41, 5.74) is 0. The molecule has 0 bridgehead atoms. The molecule has 0 radical (unpaired) electrons. The first-order valence-corrected chi connectivity index (χ1v) is 8.94. The summed E-state index contributed by atoms with van der Waals surface area (Å²) in [5.74, 6) is 4.26. The van der Waals surface area contributed by atoms with Crippen molar-refractivity contribution in [2.45, 2.75) is 84.5 Å². The molecule has 0 N–H and O–H groups in total. The van der Waals surface area contributed by atoms with Gasteiger partial charge in [0.1, 0.15) is 0 Å². The fourth-order valence-electron chi connectivity index (χ4n) is 4.58. The molecule has 0 aliphatic heterocycles. The molecule has 0 aromatic carbocycles. The van der Waals surface area contributed by atoms with E-state index in [-0.39, 0.29) is 0 Å². The molecule has 0 heteroatoms. The Labute approximate surface area is 121 Å². The minimum absolute atomic E-state index is 1.00. The van der Waals surface area contributed by atoms with Crippen LogP contribution in [0, 0.1) is 23.7 Å². The first kappa shape index (κ1) is 15.1. The van der Waals surface area contributed by atoms with Gasteiger partial charge in [0, 0.05) is 0 Å². The highest BCUT2D eigenvalue weighted by molar-refractivity contribution is 4.86. The maximum Gasteiger partial charge on any atom is -0.0322 e. The Kier molecular flexibility index (Phi) is 6.47. The van der Waals surface area contributed by atoms with Crippen molar-refractivity contribution in [3.63, 3.8) is 0 Å². The SMILES string of the molecule is CC=CCC1CCC(C2CCC(CCC)CC2)CC1. The molecule has 2 aliphatic carbocycles. The molecule has 0 spiro atoms. The molecule has 0 aromatic heterocycles. The standard InChI is InChI=1S/C19H34/c1-3-5-7-17-10-14-19(15-11-17)18-12-8-16(6-4-2)9-13-18/h3,5,16-19H,4,6-15H2,1-2H3. The van der Waals surface area contributed by atoms with Crippen LogP contribution in [0.5, 0.6) is 0 Å². The molecule has 0 nitrogen and oxygen atoms in total. The summed E-state index contributed by atoms with van der Waals surface area (Å²) in [4.78, 5) is 0. The summed E-state index contributed by atoms with van der Waals surface area (Å²) < 4.78 is 0. The Balaban J connectivity index is 1.68. The lowest BCUT2D eigenvalue weighted by Crippen LogP contribution is -2.25. The summed E-state index contributed by atoms with van der Waals surface area (Å²) in [6.45, 7) is 4.50. The topological polar surface area (TPSA) is 0 Å². The van der Waals surface area contributed by atoms with Gasteiger partial charge in [-0.15, -0.1) is 0 Å². The highest BCUT2D eigenvalue weighted by Gasteiger charge is 2.30. The van der Waals surface area contributed by atoms with Crippen molar-refractivity contribution >= 4 is 0 Å². The van der Waals surface area contributed by atoms with E-state index in [0.717, 1.165) is 23.7 Å². The van der Waals surface area contributed by atoms with Crippen molar-refractivity contribution in [2.75, 3.05) is 0 Å². The van der Waals surface area contributed by atoms with Crippen LogP contribution in [0.15, 0.2) is 12.2 Å². The van der Waals surface area contributed by atoms with Gasteiger partial charge >= 0.3 is 0 Å². The molecule has 0 atom stereocenters. The van der Waals surface area contributed by atoms with Crippen molar-refractivity contribution < 1.29 is 0 Å². The van der Waals surface area contributed by atoms with Gasteiger partial charge in [-0.1, -0.05) is 44.8 Å². The molecular formula is C19H34. The molecule has 0 saturated heterocycles. The van der Waals surface area contributed by atoms with E-state index in [0.29, 0.717) is 0 Å². The lowest BCUT2D eigenvalue weighted by atomic mass is 9.68. The Morgan fingerprint density at radius 3 is 1.79 bits per heavy atom. The quantitative estimate of drug-likeness (QED) is 0.505. The van der Waals surface area contributed by atoms with E-state index < -0.39 is 0 Å². The van der Waals surface area contributed by atoms with Crippen LogP contribution in [0.25, 0.3) is 0 Å². The molecule has 2 saturated carbocycles. The fourth-order valence-corrected chi connectivity index (χ4v) is 4.58. The smallest absolute Gasteiger partial charge is 0.0322 e. The van der Waals surface area contributed by atoms with Gasteiger partial charge in [0.25, 0.3) is 0 Å².